The first kappa shape index (κ1) is 24.1. The Kier molecular flexibility index (Phi) is 9.17. The van der Waals surface area contributed by atoms with E-state index >= 15 is 0 Å². The molecule has 11 nitrogen and oxygen atoms in total. The van der Waals surface area contributed by atoms with E-state index in [0.29, 0.717) is 16.9 Å². The van der Waals surface area contributed by atoms with E-state index in [-0.39, 0.29) is 55.4 Å². The molecule has 150 valence electrons. The second kappa shape index (κ2) is 10.3. The Morgan fingerprint density at radius 1 is 1.30 bits per heavy atom. The van der Waals surface area contributed by atoms with Crippen LogP contribution in [0, 0.1) is 6.92 Å². The van der Waals surface area contributed by atoms with E-state index in [2.05, 4.69) is 25.7 Å². The molecule has 0 atom stereocenters. The van der Waals surface area contributed by atoms with Gasteiger partial charge in [0.15, 0.2) is 5.96 Å². The van der Waals surface area contributed by atoms with Crippen molar-refractivity contribution in [2.24, 2.45) is 23.5 Å². The summed E-state index contributed by atoms with van der Waals surface area (Å²) in [7, 11) is 1.62. The third-order valence-corrected chi connectivity index (χ3v) is 3.45. The maximum atomic E-state index is 12.5. The van der Waals surface area contributed by atoms with Crippen LogP contribution in [0.15, 0.2) is 17.3 Å². The van der Waals surface area contributed by atoms with Gasteiger partial charge in [-0.3, -0.25) is 19.3 Å². The maximum absolute atomic E-state index is 12.5. The molecule has 0 spiro atoms. The molecule has 2 amide bonds. The number of nitrogens with one attached hydrogen (secondary N) is 3. The van der Waals surface area contributed by atoms with Gasteiger partial charge in [-0.2, -0.15) is 5.10 Å². The lowest BCUT2D eigenvalue weighted by atomic mass is 10.2. The predicted octanol–water partition coefficient (Wildman–Crippen LogP) is -0.262. The van der Waals surface area contributed by atoms with Crippen molar-refractivity contribution in [1.29, 1.82) is 0 Å². The molecule has 0 aliphatic heterocycles. The average molecular weight is 420 g/mol. The number of rotatable bonds is 6. The van der Waals surface area contributed by atoms with Crippen LogP contribution in [-0.2, 0) is 7.05 Å². The van der Waals surface area contributed by atoms with Gasteiger partial charge in [0.1, 0.15) is 17.2 Å². The van der Waals surface area contributed by atoms with E-state index in [1.165, 1.54) is 4.68 Å². The first-order valence-electron chi connectivity index (χ1n) is 7.42. The van der Waals surface area contributed by atoms with Gasteiger partial charge in [-0.25, -0.2) is 0 Å². The SMILES string of the molecule is Cc1c(N)nn(C)c1C(=O)Nc1cc[nH]c1C(=O)NCCN=C(N)N.Cl.Cl. The molecule has 13 heteroatoms. The number of hydrogen-bond donors (Lipinski definition) is 6. The summed E-state index contributed by atoms with van der Waals surface area (Å²) >= 11 is 0. The highest BCUT2D eigenvalue weighted by molar-refractivity contribution is 6.08. The van der Waals surface area contributed by atoms with Gasteiger partial charge in [0.05, 0.1) is 12.2 Å². The fraction of sp³-hybridized carbons (Fsp3) is 0.286. The second-order valence-corrected chi connectivity index (χ2v) is 5.27. The molecule has 0 aliphatic carbocycles. The molecule has 0 aliphatic rings. The van der Waals surface area contributed by atoms with E-state index in [9.17, 15) is 9.59 Å². The molecule has 0 bridgehead atoms. The van der Waals surface area contributed by atoms with Crippen molar-refractivity contribution in [2.45, 2.75) is 6.92 Å². The molecular weight excluding hydrogens is 397 g/mol. The number of aromatic amines is 1. The topological polar surface area (TPSA) is 182 Å². The highest BCUT2D eigenvalue weighted by atomic mass is 35.5. The third-order valence-electron chi connectivity index (χ3n) is 3.45. The Bertz CT molecular complexity index is 825. The van der Waals surface area contributed by atoms with Crippen LogP contribution in [0.4, 0.5) is 11.5 Å². The van der Waals surface area contributed by atoms with Crippen LogP contribution >= 0.6 is 24.8 Å². The highest BCUT2D eigenvalue weighted by Crippen LogP contribution is 2.18. The van der Waals surface area contributed by atoms with E-state index in [1.54, 1.807) is 26.2 Å². The average Bonchev–Trinajstić information content (AvgIpc) is 3.08. The lowest BCUT2D eigenvalue weighted by molar-refractivity contribution is 0.0951. The highest BCUT2D eigenvalue weighted by Gasteiger charge is 2.20. The molecule has 2 heterocycles. The van der Waals surface area contributed by atoms with E-state index in [1.807, 2.05) is 0 Å². The van der Waals surface area contributed by atoms with Gasteiger partial charge < -0.3 is 32.8 Å². The third kappa shape index (κ3) is 5.79. The summed E-state index contributed by atoms with van der Waals surface area (Å²) in [6.07, 6.45) is 1.55. The first-order valence-corrected chi connectivity index (χ1v) is 7.42. The maximum Gasteiger partial charge on any atom is 0.274 e. The summed E-state index contributed by atoms with van der Waals surface area (Å²) in [4.78, 5) is 31.2. The number of anilines is 2. The quantitative estimate of drug-likeness (QED) is 0.212. The number of guanidine groups is 1. The van der Waals surface area contributed by atoms with Crippen molar-refractivity contribution in [3.63, 3.8) is 0 Å². The van der Waals surface area contributed by atoms with Gasteiger partial charge >= 0.3 is 0 Å². The largest absolute Gasteiger partial charge is 0.382 e. The standard InChI is InChI=1S/C14H21N9O2.2ClH/c1-7-10(23(2)22-11(7)15)13(25)21-8-3-4-18-9(8)12(24)19-5-6-20-14(16)17;;/h3-4,18H,5-6H2,1-2H3,(H2,15,22)(H,19,24)(H,21,25)(H4,16,17,20);2*1H. The molecule has 0 aromatic carbocycles. The summed E-state index contributed by atoms with van der Waals surface area (Å²) in [6, 6.07) is 1.58. The number of H-pyrrole nitrogens is 1. The summed E-state index contributed by atoms with van der Waals surface area (Å²) in [5, 5.41) is 9.32. The molecular formula is C14H23Cl2N9O2. The number of halogens is 2. The Labute approximate surface area is 168 Å². The van der Waals surface area contributed by atoms with Gasteiger partial charge in [0.25, 0.3) is 11.8 Å². The molecule has 2 aromatic heterocycles. The number of carbonyl (C=O) groups excluding carboxylic acids is 2. The van der Waals surface area contributed by atoms with Crippen molar-refractivity contribution in [1.82, 2.24) is 20.1 Å². The van der Waals surface area contributed by atoms with Crippen LogP contribution in [0.25, 0.3) is 0 Å². The zero-order chi connectivity index (χ0) is 18.6. The van der Waals surface area contributed by atoms with Crippen LogP contribution in [0.2, 0.25) is 0 Å². The Balaban J connectivity index is 0.00000338. The number of aryl methyl sites for hydroxylation is 1. The Morgan fingerprint density at radius 2 is 1.96 bits per heavy atom. The van der Waals surface area contributed by atoms with Gasteiger partial charge in [0, 0.05) is 25.4 Å². The van der Waals surface area contributed by atoms with E-state index in [0.717, 1.165) is 0 Å². The molecule has 0 unspecified atom stereocenters. The monoisotopic (exact) mass is 419 g/mol. The van der Waals surface area contributed by atoms with Crippen molar-refractivity contribution in [3.8, 4) is 0 Å². The van der Waals surface area contributed by atoms with Crippen molar-refractivity contribution in [3.05, 3.63) is 29.2 Å². The second-order valence-electron chi connectivity index (χ2n) is 5.27. The normalized spacial score (nSPS) is 9.56. The van der Waals surface area contributed by atoms with E-state index < -0.39 is 11.8 Å². The molecule has 0 radical (unpaired) electrons. The summed E-state index contributed by atoms with van der Waals surface area (Å²) in [6.45, 7) is 2.20. The lowest BCUT2D eigenvalue weighted by Gasteiger charge is -2.08. The predicted molar refractivity (Wildman–Crippen MR) is 109 cm³/mol. The van der Waals surface area contributed by atoms with Gasteiger partial charge in [-0.15, -0.1) is 24.8 Å². The summed E-state index contributed by atoms with van der Waals surface area (Å²) in [5.74, 6) is -0.585. The fourth-order valence-corrected chi connectivity index (χ4v) is 2.25. The minimum absolute atomic E-state index is 0. The smallest absolute Gasteiger partial charge is 0.274 e. The van der Waals surface area contributed by atoms with Gasteiger partial charge in [0.2, 0.25) is 0 Å². The van der Waals surface area contributed by atoms with Gasteiger partial charge in [-0.05, 0) is 13.0 Å². The number of carbonyl (C=O) groups is 2. The molecule has 9 N–H and O–H groups in total. The Morgan fingerprint density at radius 3 is 2.52 bits per heavy atom. The van der Waals surface area contributed by atoms with Crippen LogP contribution < -0.4 is 27.8 Å². The zero-order valence-corrected chi connectivity index (χ0v) is 16.4. The Hall–Kier alpha value is -2.92. The molecule has 0 saturated carbocycles. The summed E-state index contributed by atoms with van der Waals surface area (Å²) < 4.78 is 1.39. The molecule has 2 rings (SSSR count). The number of aromatic nitrogens is 3. The number of nitrogen functional groups attached to an aromatic ring is 1. The van der Waals surface area contributed by atoms with Crippen molar-refractivity contribution in [2.75, 3.05) is 24.1 Å². The number of amides is 2. The minimum Gasteiger partial charge on any atom is -0.382 e. The van der Waals surface area contributed by atoms with Crippen LogP contribution in [-0.4, -0.2) is 45.6 Å². The number of hydrogen-bond acceptors (Lipinski definition) is 5. The molecule has 27 heavy (non-hydrogen) atoms. The fourth-order valence-electron chi connectivity index (χ4n) is 2.25. The molecule has 2 aromatic rings. The summed E-state index contributed by atoms with van der Waals surface area (Å²) in [5.41, 5.74) is 17.6. The number of nitrogens with zero attached hydrogens (tertiary/aromatic N) is 3. The van der Waals surface area contributed by atoms with Gasteiger partial charge in [-0.1, -0.05) is 0 Å². The minimum atomic E-state index is -0.418. The number of nitrogens with two attached hydrogens (primary N) is 3. The molecule has 0 fully saturated rings. The van der Waals surface area contributed by atoms with Crippen molar-refractivity contribution < 1.29 is 9.59 Å². The zero-order valence-electron chi connectivity index (χ0n) is 14.8. The molecule has 0 saturated heterocycles. The van der Waals surface area contributed by atoms with E-state index in [4.69, 9.17) is 17.2 Å². The van der Waals surface area contributed by atoms with Crippen LogP contribution in [0.5, 0.6) is 0 Å². The lowest BCUT2D eigenvalue weighted by Crippen LogP contribution is -2.29. The van der Waals surface area contributed by atoms with Crippen LogP contribution in [0.3, 0.4) is 0 Å². The number of aliphatic imine (C=N–C) groups is 1. The van der Waals surface area contributed by atoms with Crippen LogP contribution in [0.1, 0.15) is 26.5 Å². The van der Waals surface area contributed by atoms with Crippen molar-refractivity contribution >= 4 is 54.1 Å². The first-order chi connectivity index (χ1) is 11.8.